The van der Waals surface area contributed by atoms with Crippen LogP contribution in [0.15, 0.2) is 104 Å². The molecule has 1 fully saturated rings. The Morgan fingerprint density at radius 3 is 2.23 bits per heavy atom. The van der Waals surface area contributed by atoms with Crippen LogP contribution in [0.2, 0.25) is 0 Å². The summed E-state index contributed by atoms with van der Waals surface area (Å²) in [5.74, 6) is 1.58. The van der Waals surface area contributed by atoms with Crippen LogP contribution < -0.4 is 15.0 Å². The number of aryl methyl sites for hydroxylation is 2. The van der Waals surface area contributed by atoms with Gasteiger partial charge in [0.05, 0.1) is 29.7 Å². The highest BCUT2D eigenvalue weighted by molar-refractivity contribution is 7.80. The minimum Gasteiger partial charge on any atom is -0.457 e. The first-order valence-electron chi connectivity index (χ1n) is 12.9. The van der Waals surface area contributed by atoms with Crippen LogP contribution in [0.3, 0.4) is 0 Å². The number of anilines is 1. The molecule has 0 saturated carbocycles. The van der Waals surface area contributed by atoms with Crippen molar-refractivity contribution in [3.8, 4) is 17.2 Å². The van der Waals surface area contributed by atoms with Crippen molar-refractivity contribution in [2.45, 2.75) is 32.9 Å². The number of nitrogens with zero attached hydrogens (tertiary/aromatic N) is 4. The second-order valence-corrected chi connectivity index (χ2v) is 10.2. The van der Waals surface area contributed by atoms with Crippen molar-refractivity contribution in [1.82, 2.24) is 19.9 Å². The second kappa shape index (κ2) is 10.3. The first-order chi connectivity index (χ1) is 19.0. The Hall–Kier alpha value is -4.49. The maximum Gasteiger partial charge on any atom is 0.174 e. The molecular formula is C32H29N5OS. The lowest BCUT2D eigenvalue weighted by molar-refractivity contribution is 0.482. The Labute approximate surface area is 233 Å². The van der Waals surface area contributed by atoms with Crippen molar-refractivity contribution in [1.29, 1.82) is 0 Å². The quantitative estimate of drug-likeness (QED) is 0.235. The van der Waals surface area contributed by atoms with E-state index in [0.29, 0.717) is 5.11 Å². The number of pyridine rings is 2. The van der Waals surface area contributed by atoms with E-state index in [1.165, 1.54) is 11.1 Å². The third-order valence-corrected chi connectivity index (χ3v) is 7.48. The highest BCUT2D eigenvalue weighted by atomic mass is 32.1. The van der Waals surface area contributed by atoms with Crippen molar-refractivity contribution in [2.24, 2.45) is 0 Å². The number of thiocarbonyl (C=S) groups is 1. The van der Waals surface area contributed by atoms with Crippen molar-refractivity contribution < 1.29 is 4.74 Å². The van der Waals surface area contributed by atoms with E-state index in [0.717, 1.165) is 40.0 Å². The summed E-state index contributed by atoms with van der Waals surface area (Å²) in [4.78, 5) is 11.2. The van der Waals surface area contributed by atoms with Gasteiger partial charge in [-0.3, -0.25) is 9.97 Å². The molecule has 4 heterocycles. The SMILES string of the molecule is Cc1ccc(Oc2ccc(N3C(=S)N[C@H](c4ccccn4)[C@H]3c3cc(C)n(-c4cccnc4)c3C)cc2)cc1. The zero-order chi connectivity index (χ0) is 26.9. The minimum absolute atomic E-state index is 0.104. The van der Waals surface area contributed by atoms with Crippen LogP contribution in [0.25, 0.3) is 5.69 Å². The van der Waals surface area contributed by atoms with Gasteiger partial charge in [0.1, 0.15) is 11.5 Å². The van der Waals surface area contributed by atoms with Gasteiger partial charge in [-0.05, 0) is 105 Å². The van der Waals surface area contributed by atoms with Gasteiger partial charge in [0.25, 0.3) is 0 Å². The van der Waals surface area contributed by atoms with Crippen LogP contribution in [0.1, 0.15) is 40.3 Å². The summed E-state index contributed by atoms with van der Waals surface area (Å²) in [6.45, 7) is 6.35. The second-order valence-electron chi connectivity index (χ2n) is 9.78. The molecule has 5 aromatic rings. The van der Waals surface area contributed by atoms with Gasteiger partial charge >= 0.3 is 0 Å². The molecule has 2 aromatic carbocycles. The lowest BCUT2D eigenvalue weighted by atomic mass is 9.96. The van der Waals surface area contributed by atoms with E-state index in [1.807, 2.05) is 67.0 Å². The molecular weight excluding hydrogens is 502 g/mol. The van der Waals surface area contributed by atoms with E-state index in [9.17, 15) is 0 Å². The van der Waals surface area contributed by atoms with Crippen molar-refractivity contribution in [3.05, 3.63) is 132 Å². The number of benzene rings is 2. The van der Waals surface area contributed by atoms with Crippen molar-refractivity contribution in [3.63, 3.8) is 0 Å². The smallest absolute Gasteiger partial charge is 0.174 e. The van der Waals surface area contributed by atoms with Crippen LogP contribution >= 0.6 is 12.2 Å². The molecule has 0 spiro atoms. The van der Waals surface area contributed by atoms with Crippen LogP contribution in [0.5, 0.6) is 11.5 Å². The summed E-state index contributed by atoms with van der Waals surface area (Å²) in [5.41, 5.74) is 7.61. The molecule has 39 heavy (non-hydrogen) atoms. The summed E-state index contributed by atoms with van der Waals surface area (Å²) in [6, 6.07) is 28.2. The lowest BCUT2D eigenvalue weighted by Gasteiger charge is -2.28. The molecule has 3 aromatic heterocycles. The zero-order valence-electron chi connectivity index (χ0n) is 22.1. The first-order valence-corrected chi connectivity index (χ1v) is 13.3. The van der Waals surface area contributed by atoms with E-state index in [-0.39, 0.29) is 12.1 Å². The summed E-state index contributed by atoms with van der Waals surface area (Å²) < 4.78 is 8.33. The number of hydrogen-bond acceptors (Lipinski definition) is 4. The Balaban J connectivity index is 1.40. The monoisotopic (exact) mass is 531 g/mol. The van der Waals surface area contributed by atoms with Gasteiger partial charge < -0.3 is 19.5 Å². The molecule has 0 aliphatic carbocycles. The summed E-state index contributed by atoms with van der Waals surface area (Å²) >= 11 is 5.94. The van der Waals surface area contributed by atoms with Gasteiger partial charge in [-0.25, -0.2) is 0 Å². The molecule has 7 heteroatoms. The molecule has 0 radical (unpaired) electrons. The lowest BCUT2D eigenvalue weighted by Crippen LogP contribution is -2.29. The molecule has 194 valence electrons. The number of rotatable bonds is 6. The van der Waals surface area contributed by atoms with Gasteiger partial charge in [0.15, 0.2) is 5.11 Å². The number of hydrogen-bond donors (Lipinski definition) is 1. The summed E-state index contributed by atoms with van der Waals surface area (Å²) in [6.07, 6.45) is 5.51. The summed E-state index contributed by atoms with van der Waals surface area (Å²) in [7, 11) is 0. The molecule has 1 aliphatic rings. The molecule has 1 N–H and O–H groups in total. The average Bonchev–Trinajstić information content (AvgIpc) is 3.46. The molecule has 6 rings (SSSR count). The fourth-order valence-corrected chi connectivity index (χ4v) is 5.68. The normalized spacial score (nSPS) is 16.8. The van der Waals surface area contributed by atoms with E-state index in [4.69, 9.17) is 21.9 Å². The van der Waals surface area contributed by atoms with E-state index >= 15 is 0 Å². The van der Waals surface area contributed by atoms with Gasteiger partial charge in [-0.2, -0.15) is 0 Å². The Bertz CT molecular complexity index is 1600. The highest BCUT2D eigenvalue weighted by Crippen LogP contribution is 2.44. The largest absolute Gasteiger partial charge is 0.457 e. The standard InChI is InChI=1S/C32H29N5OS/c1-21-9-13-26(14-10-21)38-27-15-11-24(12-16-27)37-31(30(35-32(37)39)29-8-4-5-18-34-29)28-19-22(2)36(23(28)3)25-7-6-17-33-20-25/h4-20,30-31H,1-3H3,(H,35,39)/t30-,31-/m1/s1. The third kappa shape index (κ3) is 4.77. The molecule has 6 nitrogen and oxygen atoms in total. The molecule has 0 bridgehead atoms. The van der Waals surface area contributed by atoms with Gasteiger partial charge in [-0.15, -0.1) is 0 Å². The van der Waals surface area contributed by atoms with E-state index in [2.05, 4.69) is 70.9 Å². The van der Waals surface area contributed by atoms with Crippen LogP contribution in [0.4, 0.5) is 5.69 Å². The molecule has 1 saturated heterocycles. The average molecular weight is 532 g/mol. The predicted molar refractivity (Wildman–Crippen MR) is 159 cm³/mol. The Kier molecular flexibility index (Phi) is 6.59. The predicted octanol–water partition coefficient (Wildman–Crippen LogP) is 7.16. The Morgan fingerprint density at radius 1 is 0.821 bits per heavy atom. The topological polar surface area (TPSA) is 55.2 Å². The maximum absolute atomic E-state index is 6.08. The fourth-order valence-electron chi connectivity index (χ4n) is 5.34. The number of aromatic nitrogens is 3. The number of nitrogens with one attached hydrogen (secondary N) is 1. The fraction of sp³-hybridized carbons (Fsp3) is 0.156. The molecule has 0 unspecified atom stereocenters. The van der Waals surface area contributed by atoms with E-state index < -0.39 is 0 Å². The zero-order valence-corrected chi connectivity index (χ0v) is 22.9. The van der Waals surface area contributed by atoms with Crippen LogP contribution in [0, 0.1) is 20.8 Å². The minimum atomic E-state index is -0.120. The first kappa shape index (κ1) is 24.8. The van der Waals surface area contributed by atoms with E-state index in [1.54, 1.807) is 6.20 Å². The van der Waals surface area contributed by atoms with Gasteiger partial charge in [0, 0.05) is 29.5 Å². The Morgan fingerprint density at radius 2 is 1.56 bits per heavy atom. The molecule has 0 amide bonds. The van der Waals surface area contributed by atoms with Crippen LogP contribution in [-0.2, 0) is 0 Å². The molecule has 2 atom stereocenters. The highest BCUT2D eigenvalue weighted by Gasteiger charge is 2.42. The van der Waals surface area contributed by atoms with Crippen molar-refractivity contribution in [2.75, 3.05) is 4.90 Å². The van der Waals surface area contributed by atoms with Gasteiger partial charge in [-0.1, -0.05) is 23.8 Å². The van der Waals surface area contributed by atoms with Crippen LogP contribution in [-0.4, -0.2) is 19.6 Å². The van der Waals surface area contributed by atoms with Crippen molar-refractivity contribution >= 4 is 23.0 Å². The maximum atomic E-state index is 6.08. The van der Waals surface area contributed by atoms with Gasteiger partial charge in [0.2, 0.25) is 0 Å². The number of ether oxygens (including phenoxy) is 1. The third-order valence-electron chi connectivity index (χ3n) is 7.16. The summed E-state index contributed by atoms with van der Waals surface area (Å²) in [5, 5.41) is 4.23. The molecule has 1 aliphatic heterocycles.